The van der Waals surface area contributed by atoms with Crippen molar-refractivity contribution in [2.24, 2.45) is 0 Å². The van der Waals surface area contributed by atoms with Gasteiger partial charge in [0.2, 0.25) is 6.41 Å². The van der Waals surface area contributed by atoms with E-state index >= 15 is 0 Å². The predicted molar refractivity (Wildman–Crippen MR) is 29.0 cm³/mol. The van der Waals surface area contributed by atoms with Gasteiger partial charge in [0.05, 0.1) is 0 Å². The maximum absolute atomic E-state index is 9.60. The molecule has 0 heterocycles. The van der Waals surface area contributed by atoms with Gasteiger partial charge in [-0.15, -0.1) is 0 Å². The minimum absolute atomic E-state index is 0.348. The van der Waals surface area contributed by atoms with Gasteiger partial charge in [-0.2, -0.15) is 0 Å². The maximum Gasteiger partial charge on any atom is 0.211 e. The molecule has 0 aliphatic heterocycles. The highest BCUT2D eigenvalue weighted by atomic mass is 16.1. The Labute approximate surface area is 47.4 Å². The van der Waals surface area contributed by atoms with Crippen molar-refractivity contribution in [3.63, 3.8) is 0 Å². The number of allylic oxidation sites excluding steroid dienone is 1. The minimum Gasteiger partial charge on any atom is -0.336 e. The Kier molecular flexibility index (Phi) is 5.06. The standard InChI is InChI=1S/C5H7NO2/c7-4-2-1-3-6-5-8/h1,3-5H,2H2,(H,6,8). The SMILES string of the molecule is O=CCC=CNC=O. The number of aldehydes is 1. The van der Waals surface area contributed by atoms with Crippen LogP contribution in [-0.2, 0) is 9.59 Å². The Morgan fingerprint density at radius 2 is 2.12 bits per heavy atom. The Balaban J connectivity index is 3.06. The molecule has 0 saturated heterocycles. The van der Waals surface area contributed by atoms with Gasteiger partial charge in [-0.05, 0) is 6.20 Å². The maximum atomic E-state index is 9.60. The number of hydrogen-bond acceptors (Lipinski definition) is 2. The first-order chi connectivity index (χ1) is 3.91. The Hall–Kier alpha value is -1.12. The Bertz CT molecular complexity index is 86.6. The topological polar surface area (TPSA) is 46.2 Å². The van der Waals surface area contributed by atoms with Gasteiger partial charge in [0, 0.05) is 6.42 Å². The van der Waals surface area contributed by atoms with Crippen LogP contribution in [0.15, 0.2) is 12.3 Å². The summed E-state index contributed by atoms with van der Waals surface area (Å²) in [7, 11) is 0. The molecule has 0 aliphatic carbocycles. The number of rotatable bonds is 4. The molecule has 8 heavy (non-hydrogen) atoms. The monoisotopic (exact) mass is 113 g/mol. The first kappa shape index (κ1) is 6.88. The molecule has 0 aromatic rings. The molecule has 0 atom stereocenters. The Morgan fingerprint density at radius 1 is 1.38 bits per heavy atom. The lowest BCUT2D eigenvalue weighted by atomic mass is 10.5. The molecule has 0 aliphatic rings. The summed E-state index contributed by atoms with van der Waals surface area (Å²) in [6, 6.07) is 0. The van der Waals surface area contributed by atoms with Crippen LogP contribution in [0.1, 0.15) is 6.42 Å². The van der Waals surface area contributed by atoms with Crippen LogP contribution in [0, 0.1) is 0 Å². The molecule has 3 heteroatoms. The van der Waals surface area contributed by atoms with E-state index < -0.39 is 0 Å². The lowest BCUT2D eigenvalue weighted by molar-refractivity contribution is -0.109. The summed E-state index contributed by atoms with van der Waals surface area (Å²) in [6.07, 6.45) is 4.62. The van der Waals surface area contributed by atoms with Crippen molar-refractivity contribution in [3.05, 3.63) is 12.3 Å². The smallest absolute Gasteiger partial charge is 0.211 e. The number of carbonyl (C=O) groups is 2. The quantitative estimate of drug-likeness (QED) is 0.515. The lowest BCUT2D eigenvalue weighted by Gasteiger charge is -1.78. The van der Waals surface area contributed by atoms with Gasteiger partial charge >= 0.3 is 0 Å². The van der Waals surface area contributed by atoms with E-state index in [-0.39, 0.29) is 0 Å². The fraction of sp³-hybridized carbons (Fsp3) is 0.200. The largest absolute Gasteiger partial charge is 0.336 e. The van der Waals surface area contributed by atoms with Crippen molar-refractivity contribution in [1.82, 2.24) is 5.32 Å². The van der Waals surface area contributed by atoms with Crippen molar-refractivity contribution >= 4 is 12.7 Å². The highest BCUT2D eigenvalue weighted by Gasteiger charge is 1.68. The zero-order valence-electron chi connectivity index (χ0n) is 4.33. The fourth-order valence-electron chi connectivity index (χ4n) is 0.231. The zero-order valence-corrected chi connectivity index (χ0v) is 4.33. The van der Waals surface area contributed by atoms with Crippen LogP contribution in [0.2, 0.25) is 0 Å². The molecule has 0 saturated carbocycles. The van der Waals surface area contributed by atoms with Gasteiger partial charge < -0.3 is 10.1 Å². The van der Waals surface area contributed by atoms with Crippen LogP contribution in [0.25, 0.3) is 0 Å². The van der Waals surface area contributed by atoms with E-state index in [1.54, 1.807) is 6.08 Å². The van der Waals surface area contributed by atoms with Gasteiger partial charge in [0.15, 0.2) is 0 Å². The molecular weight excluding hydrogens is 106 g/mol. The first-order valence-electron chi connectivity index (χ1n) is 2.20. The van der Waals surface area contributed by atoms with Crippen LogP contribution in [0.4, 0.5) is 0 Å². The van der Waals surface area contributed by atoms with E-state index in [1.807, 2.05) is 0 Å². The summed E-state index contributed by atoms with van der Waals surface area (Å²) in [6.45, 7) is 0. The molecule has 0 spiro atoms. The van der Waals surface area contributed by atoms with E-state index in [4.69, 9.17) is 0 Å². The summed E-state index contributed by atoms with van der Waals surface area (Å²) in [5.41, 5.74) is 0. The lowest BCUT2D eigenvalue weighted by Crippen LogP contribution is -1.97. The van der Waals surface area contributed by atoms with E-state index in [9.17, 15) is 9.59 Å². The molecule has 1 N–H and O–H groups in total. The molecule has 3 nitrogen and oxygen atoms in total. The second-order valence-corrected chi connectivity index (χ2v) is 1.09. The van der Waals surface area contributed by atoms with E-state index in [1.165, 1.54) is 6.20 Å². The third kappa shape index (κ3) is 4.88. The highest BCUT2D eigenvalue weighted by molar-refractivity contribution is 5.52. The molecule has 0 bridgehead atoms. The minimum atomic E-state index is 0.348. The van der Waals surface area contributed by atoms with Crippen molar-refractivity contribution in [2.75, 3.05) is 0 Å². The molecular formula is C5H7NO2. The van der Waals surface area contributed by atoms with Crippen LogP contribution in [0.5, 0.6) is 0 Å². The zero-order chi connectivity index (χ0) is 6.24. The summed E-state index contributed by atoms with van der Waals surface area (Å²) in [4.78, 5) is 19.1. The number of nitrogens with one attached hydrogen (secondary N) is 1. The van der Waals surface area contributed by atoms with Crippen LogP contribution < -0.4 is 5.32 Å². The fourth-order valence-corrected chi connectivity index (χ4v) is 0.231. The predicted octanol–water partition coefficient (Wildman–Crippen LogP) is -0.165. The van der Waals surface area contributed by atoms with Gasteiger partial charge in [0.1, 0.15) is 6.29 Å². The molecule has 0 aromatic heterocycles. The first-order valence-corrected chi connectivity index (χ1v) is 2.20. The van der Waals surface area contributed by atoms with Crippen LogP contribution in [-0.4, -0.2) is 12.7 Å². The van der Waals surface area contributed by atoms with E-state index in [0.717, 1.165) is 6.29 Å². The van der Waals surface area contributed by atoms with Gasteiger partial charge in [-0.1, -0.05) is 6.08 Å². The molecule has 44 valence electrons. The summed E-state index contributed by atoms with van der Waals surface area (Å²) < 4.78 is 0. The average molecular weight is 113 g/mol. The number of carbonyl (C=O) groups excluding carboxylic acids is 2. The average Bonchev–Trinajstić information content (AvgIpc) is 1.81. The molecule has 0 aromatic carbocycles. The van der Waals surface area contributed by atoms with Crippen molar-refractivity contribution in [2.45, 2.75) is 6.42 Å². The summed E-state index contributed by atoms with van der Waals surface area (Å²) in [5.74, 6) is 0. The van der Waals surface area contributed by atoms with Crippen LogP contribution in [0.3, 0.4) is 0 Å². The van der Waals surface area contributed by atoms with Gasteiger partial charge in [-0.3, -0.25) is 4.79 Å². The Morgan fingerprint density at radius 3 is 2.62 bits per heavy atom. The number of amides is 1. The molecule has 1 amide bonds. The third-order valence-electron chi connectivity index (χ3n) is 0.514. The van der Waals surface area contributed by atoms with Gasteiger partial charge in [-0.25, -0.2) is 0 Å². The van der Waals surface area contributed by atoms with Gasteiger partial charge in [0.25, 0.3) is 0 Å². The third-order valence-corrected chi connectivity index (χ3v) is 0.514. The van der Waals surface area contributed by atoms with Crippen LogP contribution >= 0.6 is 0 Å². The normalized spacial score (nSPS) is 9.00. The number of hydrogen-bond donors (Lipinski definition) is 1. The van der Waals surface area contributed by atoms with Crippen molar-refractivity contribution in [3.8, 4) is 0 Å². The summed E-state index contributed by atoms with van der Waals surface area (Å²) >= 11 is 0. The molecule has 0 rings (SSSR count). The highest BCUT2D eigenvalue weighted by Crippen LogP contribution is 1.70. The second kappa shape index (κ2) is 5.88. The molecule has 0 radical (unpaired) electrons. The summed E-state index contributed by atoms with van der Waals surface area (Å²) in [5, 5.41) is 2.26. The van der Waals surface area contributed by atoms with E-state index in [2.05, 4.69) is 5.32 Å². The van der Waals surface area contributed by atoms with Crippen molar-refractivity contribution in [1.29, 1.82) is 0 Å². The molecule has 0 fully saturated rings. The van der Waals surface area contributed by atoms with Crippen molar-refractivity contribution < 1.29 is 9.59 Å². The van der Waals surface area contributed by atoms with E-state index in [0.29, 0.717) is 12.8 Å². The second-order valence-electron chi connectivity index (χ2n) is 1.09. The molecule has 0 unspecified atom stereocenters.